The first kappa shape index (κ1) is 9.85. The van der Waals surface area contributed by atoms with Gasteiger partial charge in [0.15, 0.2) is 5.82 Å². The summed E-state index contributed by atoms with van der Waals surface area (Å²) in [6.07, 6.45) is 4.90. The maximum absolute atomic E-state index is 5.96. The molecular weight excluding hydrogens is 192 g/mol. The van der Waals surface area contributed by atoms with Crippen LogP contribution in [0.4, 0.5) is 0 Å². The van der Waals surface area contributed by atoms with Crippen LogP contribution in [0.1, 0.15) is 30.3 Å². The average Bonchev–Trinajstić information content (AvgIpc) is 2.86. The van der Waals surface area contributed by atoms with Crippen LogP contribution in [0.5, 0.6) is 0 Å². The van der Waals surface area contributed by atoms with Crippen molar-refractivity contribution in [2.45, 2.75) is 25.8 Å². The van der Waals surface area contributed by atoms with E-state index in [0.29, 0.717) is 12.2 Å². The van der Waals surface area contributed by atoms with Crippen molar-refractivity contribution in [1.82, 2.24) is 25.1 Å². The van der Waals surface area contributed by atoms with Gasteiger partial charge in [-0.05, 0) is 0 Å². The Labute approximate surface area is 87.3 Å². The molecule has 0 radical (unpaired) electrons. The first-order chi connectivity index (χ1) is 7.29. The largest absolute Gasteiger partial charge is 0.348 e. The molecule has 0 spiro atoms. The molecule has 4 N–H and O–H groups in total. The van der Waals surface area contributed by atoms with Gasteiger partial charge in [0.1, 0.15) is 5.82 Å². The van der Waals surface area contributed by atoms with Gasteiger partial charge in [-0.25, -0.2) is 9.97 Å². The quantitative estimate of drug-likeness (QED) is 0.671. The summed E-state index contributed by atoms with van der Waals surface area (Å²) in [7, 11) is 0. The third-order valence-corrected chi connectivity index (χ3v) is 2.21. The molecule has 1 atom stereocenters. The number of hydrogen-bond donors (Lipinski definition) is 3. The van der Waals surface area contributed by atoms with Crippen molar-refractivity contribution in [3.05, 3.63) is 29.9 Å². The Kier molecular flexibility index (Phi) is 2.77. The van der Waals surface area contributed by atoms with E-state index in [4.69, 9.17) is 5.73 Å². The summed E-state index contributed by atoms with van der Waals surface area (Å²) >= 11 is 0. The van der Waals surface area contributed by atoms with Gasteiger partial charge in [-0.3, -0.25) is 5.10 Å². The molecule has 80 valence electrons. The molecule has 2 aromatic heterocycles. The van der Waals surface area contributed by atoms with Gasteiger partial charge >= 0.3 is 0 Å². The van der Waals surface area contributed by atoms with Crippen LogP contribution in [-0.4, -0.2) is 25.1 Å². The van der Waals surface area contributed by atoms with E-state index in [9.17, 15) is 0 Å². The third kappa shape index (κ3) is 2.21. The standard InChI is InChI=1S/C9H14N6/c1-2-8-13-9(15-14-8)7(10)3-6-4-11-5-12-6/h4-5,7H,2-3,10H2,1H3,(H,11,12)(H,13,14,15)/t7-/m0/s1. The first-order valence-electron chi connectivity index (χ1n) is 4.93. The van der Waals surface area contributed by atoms with Gasteiger partial charge in [0.05, 0.1) is 12.4 Å². The Hall–Kier alpha value is -1.69. The molecule has 0 aliphatic heterocycles. The van der Waals surface area contributed by atoms with Crippen LogP contribution < -0.4 is 5.73 Å². The first-order valence-corrected chi connectivity index (χ1v) is 4.93. The van der Waals surface area contributed by atoms with Crippen molar-refractivity contribution in [3.8, 4) is 0 Å². The van der Waals surface area contributed by atoms with Crippen molar-refractivity contribution in [1.29, 1.82) is 0 Å². The molecule has 0 saturated heterocycles. The second-order valence-electron chi connectivity index (χ2n) is 3.38. The van der Waals surface area contributed by atoms with Crippen molar-refractivity contribution >= 4 is 0 Å². The number of aryl methyl sites for hydroxylation is 1. The molecule has 15 heavy (non-hydrogen) atoms. The molecule has 6 nitrogen and oxygen atoms in total. The lowest BCUT2D eigenvalue weighted by Crippen LogP contribution is -2.15. The smallest absolute Gasteiger partial charge is 0.167 e. The number of rotatable bonds is 4. The van der Waals surface area contributed by atoms with Gasteiger partial charge < -0.3 is 10.7 Å². The highest BCUT2D eigenvalue weighted by molar-refractivity contribution is 5.03. The van der Waals surface area contributed by atoms with Gasteiger partial charge in [0, 0.05) is 24.7 Å². The number of nitrogens with zero attached hydrogens (tertiary/aromatic N) is 3. The number of imidazole rings is 1. The Bertz CT molecular complexity index is 404. The molecule has 2 rings (SSSR count). The number of H-pyrrole nitrogens is 2. The maximum atomic E-state index is 5.96. The van der Waals surface area contributed by atoms with E-state index in [1.807, 2.05) is 6.92 Å². The van der Waals surface area contributed by atoms with Crippen LogP contribution in [0.2, 0.25) is 0 Å². The zero-order valence-electron chi connectivity index (χ0n) is 8.57. The van der Waals surface area contributed by atoms with Crippen molar-refractivity contribution < 1.29 is 0 Å². The van der Waals surface area contributed by atoms with Crippen LogP contribution in [0.3, 0.4) is 0 Å². The van der Waals surface area contributed by atoms with Crippen LogP contribution in [0, 0.1) is 0 Å². The molecular formula is C9H14N6. The molecule has 0 fully saturated rings. The zero-order valence-corrected chi connectivity index (χ0v) is 8.57. The zero-order chi connectivity index (χ0) is 10.7. The van der Waals surface area contributed by atoms with Crippen molar-refractivity contribution in [3.63, 3.8) is 0 Å². The highest BCUT2D eigenvalue weighted by Gasteiger charge is 2.12. The lowest BCUT2D eigenvalue weighted by Gasteiger charge is -2.04. The predicted octanol–water partition coefficient (Wildman–Crippen LogP) is 0.333. The van der Waals surface area contributed by atoms with Crippen LogP contribution in [-0.2, 0) is 12.8 Å². The van der Waals surface area contributed by atoms with Crippen molar-refractivity contribution in [2.24, 2.45) is 5.73 Å². The highest BCUT2D eigenvalue weighted by atomic mass is 15.2. The fourth-order valence-electron chi connectivity index (χ4n) is 1.36. The van der Waals surface area contributed by atoms with E-state index in [1.165, 1.54) is 0 Å². The molecule has 0 aliphatic carbocycles. The minimum atomic E-state index is -0.193. The molecule has 0 unspecified atom stereocenters. The maximum Gasteiger partial charge on any atom is 0.167 e. The topological polar surface area (TPSA) is 96.3 Å². The van der Waals surface area contributed by atoms with E-state index in [2.05, 4.69) is 25.1 Å². The van der Waals surface area contributed by atoms with Crippen LogP contribution >= 0.6 is 0 Å². The Morgan fingerprint density at radius 3 is 3.00 bits per heavy atom. The summed E-state index contributed by atoms with van der Waals surface area (Å²) in [6, 6.07) is -0.193. The Morgan fingerprint density at radius 1 is 1.53 bits per heavy atom. The summed E-state index contributed by atoms with van der Waals surface area (Å²) in [6.45, 7) is 2.02. The lowest BCUT2D eigenvalue weighted by molar-refractivity contribution is 0.661. The molecule has 0 aromatic carbocycles. The summed E-state index contributed by atoms with van der Waals surface area (Å²) in [5.74, 6) is 1.52. The van der Waals surface area contributed by atoms with Crippen LogP contribution in [0.15, 0.2) is 12.5 Å². The van der Waals surface area contributed by atoms with E-state index in [-0.39, 0.29) is 6.04 Å². The summed E-state index contributed by atoms with van der Waals surface area (Å²) < 4.78 is 0. The van der Waals surface area contributed by atoms with Gasteiger partial charge in [-0.1, -0.05) is 6.92 Å². The molecule has 2 heterocycles. The van der Waals surface area contributed by atoms with E-state index < -0.39 is 0 Å². The second-order valence-corrected chi connectivity index (χ2v) is 3.38. The number of aromatic amines is 2. The molecule has 6 heteroatoms. The van der Waals surface area contributed by atoms with Gasteiger partial charge in [-0.15, -0.1) is 0 Å². The number of nitrogens with two attached hydrogens (primary N) is 1. The van der Waals surface area contributed by atoms with Crippen LogP contribution in [0.25, 0.3) is 0 Å². The van der Waals surface area contributed by atoms with E-state index in [1.54, 1.807) is 12.5 Å². The highest BCUT2D eigenvalue weighted by Crippen LogP contribution is 2.10. The minimum absolute atomic E-state index is 0.193. The Morgan fingerprint density at radius 2 is 2.40 bits per heavy atom. The SMILES string of the molecule is CCc1nc([C@@H](N)Cc2cnc[nH]2)n[nH]1. The van der Waals surface area contributed by atoms with Crippen molar-refractivity contribution in [2.75, 3.05) is 0 Å². The van der Waals surface area contributed by atoms with Gasteiger partial charge in [0.25, 0.3) is 0 Å². The summed E-state index contributed by atoms with van der Waals surface area (Å²) in [5, 5.41) is 6.92. The number of hydrogen-bond acceptors (Lipinski definition) is 4. The van der Waals surface area contributed by atoms with E-state index in [0.717, 1.165) is 17.9 Å². The minimum Gasteiger partial charge on any atom is -0.348 e. The summed E-state index contributed by atoms with van der Waals surface area (Å²) in [5.41, 5.74) is 6.95. The lowest BCUT2D eigenvalue weighted by atomic mass is 10.2. The predicted molar refractivity (Wildman–Crippen MR) is 55.0 cm³/mol. The molecule has 0 amide bonds. The molecule has 0 bridgehead atoms. The normalized spacial score (nSPS) is 12.9. The van der Waals surface area contributed by atoms with Gasteiger partial charge in [0.2, 0.25) is 0 Å². The molecule has 0 aliphatic rings. The Balaban J connectivity index is 2.04. The second kappa shape index (κ2) is 4.22. The van der Waals surface area contributed by atoms with Gasteiger partial charge in [-0.2, -0.15) is 5.10 Å². The fraction of sp³-hybridized carbons (Fsp3) is 0.444. The molecule has 2 aromatic rings. The summed E-state index contributed by atoms with van der Waals surface area (Å²) in [4.78, 5) is 11.2. The number of nitrogens with one attached hydrogen (secondary N) is 2. The average molecular weight is 206 g/mol. The van der Waals surface area contributed by atoms with E-state index >= 15 is 0 Å². The number of aromatic nitrogens is 5. The fourth-order valence-corrected chi connectivity index (χ4v) is 1.36. The monoisotopic (exact) mass is 206 g/mol. The third-order valence-electron chi connectivity index (χ3n) is 2.21. The molecule has 0 saturated carbocycles.